The number of nitrogens with two attached hydrogens (primary N) is 1. The van der Waals surface area contributed by atoms with Gasteiger partial charge >= 0.3 is 5.97 Å². The first-order valence-corrected chi connectivity index (χ1v) is 8.54. The Morgan fingerprint density at radius 3 is 2.30 bits per heavy atom. The van der Waals surface area contributed by atoms with E-state index >= 15 is 0 Å². The number of benzene rings is 2. The topological polar surface area (TPSA) is 124 Å². The van der Waals surface area contributed by atoms with Gasteiger partial charge in [0.15, 0.2) is 0 Å². The number of hydrogen-bond acceptors (Lipinski definition) is 7. The predicted octanol–water partition coefficient (Wildman–Crippen LogP) is 4.23. The highest BCUT2D eigenvalue weighted by atomic mass is 35.5. The number of carbonyl (C=O) groups excluding carboxylic acids is 1. The summed E-state index contributed by atoms with van der Waals surface area (Å²) in [5, 5.41) is 26.8. The zero-order valence-electron chi connectivity index (χ0n) is 14.0. The number of hydrogen-bond donors (Lipinski definition) is 1. The summed E-state index contributed by atoms with van der Waals surface area (Å²) in [5.74, 6) is -0.447. The molecule has 8 heteroatoms. The number of carbonyl (C=O) groups is 1. The molecule has 0 amide bonds. The van der Waals surface area contributed by atoms with Gasteiger partial charge in [-0.25, -0.2) is 4.79 Å². The summed E-state index contributed by atoms with van der Waals surface area (Å²) in [7, 11) is 1.31. The first-order chi connectivity index (χ1) is 12.9. The Labute approximate surface area is 164 Å². The van der Waals surface area contributed by atoms with Crippen molar-refractivity contribution < 1.29 is 9.53 Å². The van der Waals surface area contributed by atoms with Gasteiger partial charge in [-0.15, -0.1) is 11.3 Å². The second kappa shape index (κ2) is 8.69. The molecule has 1 aromatic heterocycles. The van der Waals surface area contributed by atoms with Crippen LogP contribution in [-0.4, -0.2) is 13.1 Å². The molecule has 3 rings (SSSR count). The maximum absolute atomic E-state index is 11.4. The Morgan fingerprint density at radius 1 is 1.07 bits per heavy atom. The molecule has 3 aromatic rings. The van der Waals surface area contributed by atoms with Gasteiger partial charge in [0.2, 0.25) is 0 Å². The molecular weight excluding hydrogens is 384 g/mol. The van der Waals surface area contributed by atoms with E-state index < -0.39 is 5.97 Å². The average molecular weight is 395 g/mol. The second-order valence-electron chi connectivity index (χ2n) is 5.08. The van der Waals surface area contributed by atoms with Gasteiger partial charge in [-0.2, -0.15) is 15.8 Å². The molecule has 0 aliphatic heterocycles. The Kier molecular flexibility index (Phi) is 6.36. The molecule has 0 fully saturated rings. The van der Waals surface area contributed by atoms with Crippen LogP contribution in [0.4, 0.5) is 5.69 Å². The first kappa shape index (κ1) is 19.8. The third kappa shape index (κ3) is 4.34. The minimum Gasteiger partial charge on any atom is -0.465 e. The maximum atomic E-state index is 11.4. The van der Waals surface area contributed by atoms with Gasteiger partial charge in [-0.3, -0.25) is 0 Å². The zero-order valence-corrected chi connectivity index (χ0v) is 15.6. The molecule has 0 aliphatic carbocycles. The summed E-state index contributed by atoms with van der Waals surface area (Å²) >= 11 is 6.89. The number of halogens is 1. The van der Waals surface area contributed by atoms with Gasteiger partial charge in [0, 0.05) is 10.1 Å². The van der Waals surface area contributed by atoms with Crippen molar-refractivity contribution in [2.75, 3.05) is 12.8 Å². The van der Waals surface area contributed by atoms with E-state index in [0.29, 0.717) is 32.3 Å². The lowest BCUT2D eigenvalue weighted by Crippen LogP contribution is -2.01. The fourth-order valence-electron chi connectivity index (χ4n) is 2.11. The summed E-state index contributed by atoms with van der Waals surface area (Å²) in [6, 6.07) is 15.6. The lowest BCUT2D eigenvalue weighted by molar-refractivity contribution is 0.0607. The molecule has 0 saturated carbocycles. The smallest absolute Gasteiger partial charge is 0.350 e. The highest BCUT2D eigenvalue weighted by Crippen LogP contribution is 2.34. The minimum atomic E-state index is -0.447. The standard InChI is InChI=1S/C11H8N2O2S.C8H3ClN2/c1-15-11(14)10-9(13)7-4-6(5-12)2-3-8(7)16-10;9-8-2-1-6(4-10)3-7(8)5-11/h2-4H,13H2,1H3;1-3H. The van der Waals surface area contributed by atoms with Gasteiger partial charge in [0.05, 0.1) is 46.6 Å². The van der Waals surface area contributed by atoms with E-state index in [1.165, 1.54) is 24.5 Å². The largest absolute Gasteiger partial charge is 0.465 e. The van der Waals surface area contributed by atoms with E-state index in [4.69, 9.17) is 33.1 Å². The Balaban J connectivity index is 0.000000208. The molecule has 0 atom stereocenters. The zero-order chi connectivity index (χ0) is 20.0. The summed E-state index contributed by atoms with van der Waals surface area (Å²) < 4.78 is 5.50. The average Bonchev–Trinajstić information content (AvgIpc) is 3.04. The number of anilines is 1. The molecule has 0 saturated heterocycles. The molecule has 27 heavy (non-hydrogen) atoms. The van der Waals surface area contributed by atoms with Crippen LogP contribution in [-0.2, 0) is 4.74 Å². The molecular formula is C19H11ClN4O2S. The van der Waals surface area contributed by atoms with Crippen LogP contribution in [0.5, 0.6) is 0 Å². The third-order valence-corrected chi connectivity index (χ3v) is 4.94. The maximum Gasteiger partial charge on any atom is 0.350 e. The van der Waals surface area contributed by atoms with Crippen LogP contribution in [0.15, 0.2) is 36.4 Å². The van der Waals surface area contributed by atoms with E-state index in [1.54, 1.807) is 30.3 Å². The van der Waals surface area contributed by atoms with Gasteiger partial charge in [0.1, 0.15) is 10.9 Å². The highest BCUT2D eigenvalue weighted by molar-refractivity contribution is 7.21. The van der Waals surface area contributed by atoms with E-state index in [0.717, 1.165) is 10.1 Å². The fourth-order valence-corrected chi connectivity index (χ4v) is 3.29. The number of methoxy groups -OCH3 is 1. The van der Waals surface area contributed by atoms with Crippen LogP contribution in [0.1, 0.15) is 26.4 Å². The van der Waals surface area contributed by atoms with E-state index in [-0.39, 0.29) is 0 Å². The van der Waals surface area contributed by atoms with Gasteiger partial charge in [-0.1, -0.05) is 11.6 Å². The molecule has 0 spiro atoms. The van der Waals surface area contributed by atoms with Crippen molar-refractivity contribution in [1.82, 2.24) is 0 Å². The molecule has 2 N–H and O–H groups in total. The number of nitrogens with zero attached hydrogens (tertiary/aromatic N) is 3. The molecule has 0 radical (unpaired) electrons. The lowest BCUT2D eigenvalue weighted by Gasteiger charge is -1.96. The molecule has 0 unspecified atom stereocenters. The Bertz CT molecular complexity index is 1150. The van der Waals surface area contributed by atoms with Crippen molar-refractivity contribution in [3.63, 3.8) is 0 Å². The van der Waals surface area contributed by atoms with Gasteiger partial charge in [0.25, 0.3) is 0 Å². The monoisotopic (exact) mass is 394 g/mol. The van der Waals surface area contributed by atoms with E-state index in [2.05, 4.69) is 4.74 Å². The first-order valence-electron chi connectivity index (χ1n) is 7.35. The van der Waals surface area contributed by atoms with Crippen molar-refractivity contribution in [3.05, 3.63) is 63.0 Å². The number of fused-ring (bicyclic) bond motifs is 1. The van der Waals surface area contributed by atoms with E-state index in [1.807, 2.05) is 18.2 Å². The molecule has 132 valence electrons. The number of rotatable bonds is 1. The van der Waals surface area contributed by atoms with Crippen molar-refractivity contribution in [2.24, 2.45) is 0 Å². The van der Waals surface area contributed by atoms with Crippen LogP contribution in [0.2, 0.25) is 5.02 Å². The SMILES string of the molecule is COC(=O)c1sc2ccc(C#N)cc2c1N.N#Cc1ccc(Cl)c(C#N)c1. The van der Waals surface area contributed by atoms with Crippen LogP contribution in [0, 0.1) is 34.0 Å². The lowest BCUT2D eigenvalue weighted by atomic mass is 10.1. The van der Waals surface area contributed by atoms with Crippen molar-refractivity contribution in [2.45, 2.75) is 0 Å². The summed E-state index contributed by atoms with van der Waals surface area (Å²) in [5.41, 5.74) is 7.53. The fraction of sp³-hybridized carbons (Fsp3) is 0.0526. The molecule has 0 aliphatic rings. The Morgan fingerprint density at radius 2 is 1.70 bits per heavy atom. The summed E-state index contributed by atoms with van der Waals surface area (Å²) in [4.78, 5) is 11.8. The molecule has 2 aromatic carbocycles. The molecule has 0 bridgehead atoms. The van der Waals surface area contributed by atoms with Crippen LogP contribution < -0.4 is 5.73 Å². The van der Waals surface area contributed by atoms with Crippen LogP contribution in [0.3, 0.4) is 0 Å². The number of nitriles is 3. The normalized spacial score (nSPS) is 9.30. The van der Waals surface area contributed by atoms with Crippen LogP contribution >= 0.6 is 22.9 Å². The second-order valence-corrected chi connectivity index (χ2v) is 6.54. The molecule has 6 nitrogen and oxygen atoms in total. The Hall–Kier alpha value is -3.57. The van der Waals surface area contributed by atoms with Crippen LogP contribution in [0.25, 0.3) is 10.1 Å². The van der Waals surface area contributed by atoms with Crippen molar-refractivity contribution in [1.29, 1.82) is 15.8 Å². The number of nitrogen functional groups attached to an aromatic ring is 1. The molecule has 1 heterocycles. The minimum absolute atomic E-state index is 0.339. The third-order valence-electron chi connectivity index (χ3n) is 3.44. The number of thiophene rings is 1. The predicted molar refractivity (Wildman–Crippen MR) is 103 cm³/mol. The number of esters is 1. The summed E-state index contributed by atoms with van der Waals surface area (Å²) in [6.07, 6.45) is 0. The highest BCUT2D eigenvalue weighted by Gasteiger charge is 2.16. The van der Waals surface area contributed by atoms with Crippen molar-refractivity contribution in [3.8, 4) is 18.2 Å². The van der Waals surface area contributed by atoms with Gasteiger partial charge in [-0.05, 0) is 36.4 Å². The number of ether oxygens (including phenoxy) is 1. The van der Waals surface area contributed by atoms with Gasteiger partial charge < -0.3 is 10.5 Å². The summed E-state index contributed by atoms with van der Waals surface area (Å²) in [6.45, 7) is 0. The van der Waals surface area contributed by atoms with Crippen molar-refractivity contribution >= 4 is 44.7 Å². The quantitative estimate of drug-likeness (QED) is 0.616. The van der Waals surface area contributed by atoms with E-state index in [9.17, 15) is 4.79 Å².